The fourth-order valence-corrected chi connectivity index (χ4v) is 9.64. The van der Waals surface area contributed by atoms with Crippen molar-refractivity contribution in [3.63, 3.8) is 0 Å². The van der Waals surface area contributed by atoms with Gasteiger partial charge in [0.25, 0.3) is 0 Å². The lowest BCUT2D eigenvalue weighted by Gasteiger charge is -2.08. The van der Waals surface area contributed by atoms with Crippen LogP contribution in [0, 0.1) is 0 Å². The van der Waals surface area contributed by atoms with E-state index in [0.29, 0.717) is 0 Å². The quantitative estimate of drug-likeness (QED) is 0.237. The summed E-state index contributed by atoms with van der Waals surface area (Å²) in [5.41, 5.74) is 3.16. The van der Waals surface area contributed by atoms with E-state index in [1.54, 1.807) is 20.9 Å². The largest absolute Gasteiger partial charge is 0.454 e. The number of thiophene rings is 4. The lowest BCUT2D eigenvalue weighted by Crippen LogP contribution is -1.96. The van der Waals surface area contributed by atoms with Crippen LogP contribution < -0.4 is 0 Å². The number of aryl methyl sites for hydroxylation is 4. The Kier molecular flexibility index (Phi) is 5.20. The molecular formula is C28H24OS4. The van der Waals surface area contributed by atoms with Gasteiger partial charge in [0.05, 0.1) is 9.75 Å². The number of hydrogen-bond acceptors (Lipinski definition) is 5. The van der Waals surface area contributed by atoms with Crippen molar-refractivity contribution in [1.82, 2.24) is 0 Å². The molecule has 0 saturated heterocycles. The molecule has 5 heteroatoms. The van der Waals surface area contributed by atoms with Gasteiger partial charge in [-0.3, -0.25) is 0 Å². The summed E-state index contributed by atoms with van der Waals surface area (Å²) in [5, 5.41) is 0. The molecule has 0 spiro atoms. The molecule has 0 fully saturated rings. The van der Waals surface area contributed by atoms with E-state index in [1.807, 2.05) is 45.3 Å². The third kappa shape index (κ3) is 3.79. The highest BCUT2D eigenvalue weighted by molar-refractivity contribution is 7.24. The normalized spacial score (nSPS) is 15.5. The van der Waals surface area contributed by atoms with Crippen LogP contribution in [0.1, 0.15) is 46.6 Å². The molecule has 0 bridgehead atoms. The number of hydrogen-bond donors (Lipinski definition) is 0. The standard InChI is InChI=1S/C28H24OS4/c1-3-7-21-17(5-1)15-27(30-21)25-13-11-23(32-25)19-9-10-20(29-19)24-12-14-26(33-24)28-16-18-6-2-4-8-22(18)31-28/h9-16H,1-8H2. The average Bonchev–Trinajstić information content (AvgIpc) is 3.66. The zero-order valence-corrected chi connectivity index (χ0v) is 21.6. The number of furan rings is 1. The van der Waals surface area contributed by atoms with Crippen molar-refractivity contribution in [3.05, 3.63) is 69.4 Å². The van der Waals surface area contributed by atoms with Crippen LogP contribution in [0.3, 0.4) is 0 Å². The van der Waals surface area contributed by atoms with Crippen LogP contribution in [0.25, 0.3) is 40.8 Å². The molecule has 0 aliphatic heterocycles. The first-order chi connectivity index (χ1) is 16.3. The summed E-state index contributed by atoms with van der Waals surface area (Å²) in [5.74, 6) is 1.95. The molecule has 0 atom stereocenters. The number of fused-ring (bicyclic) bond motifs is 2. The van der Waals surface area contributed by atoms with Gasteiger partial charge in [0.1, 0.15) is 11.5 Å². The minimum absolute atomic E-state index is 0.976. The van der Waals surface area contributed by atoms with Gasteiger partial charge in [-0.2, -0.15) is 0 Å². The molecule has 0 N–H and O–H groups in total. The van der Waals surface area contributed by atoms with Gasteiger partial charge in [0, 0.05) is 29.3 Å². The van der Waals surface area contributed by atoms with Gasteiger partial charge in [-0.05, 0) is 111 Å². The third-order valence-electron chi connectivity index (χ3n) is 6.78. The van der Waals surface area contributed by atoms with Gasteiger partial charge in [0.2, 0.25) is 0 Å². The summed E-state index contributed by atoms with van der Waals surface area (Å²) in [6.07, 6.45) is 10.4. The Bertz CT molecular complexity index is 1280. The molecule has 2 aliphatic carbocycles. The third-order valence-corrected chi connectivity index (χ3v) is 11.8. The molecule has 0 amide bonds. The molecule has 1 nitrogen and oxygen atoms in total. The molecule has 5 heterocycles. The zero-order valence-electron chi connectivity index (χ0n) is 18.3. The van der Waals surface area contributed by atoms with Gasteiger partial charge < -0.3 is 4.42 Å². The van der Waals surface area contributed by atoms with Crippen molar-refractivity contribution < 1.29 is 4.42 Å². The highest BCUT2D eigenvalue weighted by atomic mass is 32.1. The van der Waals surface area contributed by atoms with Crippen molar-refractivity contribution in [2.24, 2.45) is 0 Å². The lowest BCUT2D eigenvalue weighted by molar-refractivity contribution is 0.600. The van der Waals surface area contributed by atoms with Gasteiger partial charge in [-0.1, -0.05) is 0 Å². The summed E-state index contributed by atoms with van der Waals surface area (Å²) < 4.78 is 6.34. The molecule has 2 aliphatic rings. The van der Waals surface area contributed by atoms with E-state index in [0.717, 1.165) is 11.5 Å². The molecule has 0 aromatic carbocycles. The Morgan fingerprint density at radius 2 is 0.909 bits per heavy atom. The first-order valence-electron chi connectivity index (χ1n) is 11.8. The Balaban J connectivity index is 1.14. The Labute approximate surface area is 210 Å². The van der Waals surface area contributed by atoms with Crippen LogP contribution in [-0.4, -0.2) is 0 Å². The fourth-order valence-electron chi connectivity index (χ4n) is 5.03. The van der Waals surface area contributed by atoms with Crippen LogP contribution in [0.15, 0.2) is 52.9 Å². The molecule has 166 valence electrons. The van der Waals surface area contributed by atoms with Gasteiger partial charge in [-0.25, -0.2) is 0 Å². The van der Waals surface area contributed by atoms with E-state index in [2.05, 4.69) is 48.5 Å². The second-order valence-electron chi connectivity index (χ2n) is 9.02. The highest BCUT2D eigenvalue weighted by Gasteiger charge is 2.18. The summed E-state index contributed by atoms with van der Waals surface area (Å²) in [6.45, 7) is 0. The van der Waals surface area contributed by atoms with Crippen molar-refractivity contribution in [2.45, 2.75) is 51.4 Å². The van der Waals surface area contributed by atoms with Crippen molar-refractivity contribution in [3.8, 4) is 40.8 Å². The SMILES string of the molecule is c1cc(-c2ccc(-c3cc4c(s3)CCCC4)s2)oc1-c1ccc(-c2cc3c(s2)CCCC3)s1. The maximum atomic E-state index is 6.34. The Morgan fingerprint density at radius 1 is 0.455 bits per heavy atom. The molecule has 33 heavy (non-hydrogen) atoms. The molecule has 5 aromatic rings. The van der Waals surface area contributed by atoms with E-state index < -0.39 is 0 Å². The molecule has 5 aromatic heterocycles. The monoisotopic (exact) mass is 504 g/mol. The zero-order chi connectivity index (χ0) is 21.8. The maximum absolute atomic E-state index is 6.34. The smallest absolute Gasteiger partial charge is 0.144 e. The Morgan fingerprint density at radius 3 is 1.39 bits per heavy atom. The molecule has 0 saturated carbocycles. The van der Waals surface area contributed by atoms with E-state index in [4.69, 9.17) is 4.42 Å². The topological polar surface area (TPSA) is 13.1 Å². The van der Waals surface area contributed by atoms with Crippen molar-refractivity contribution in [2.75, 3.05) is 0 Å². The Hall–Kier alpha value is -1.92. The maximum Gasteiger partial charge on any atom is 0.144 e. The van der Waals surface area contributed by atoms with Crippen LogP contribution in [0.2, 0.25) is 0 Å². The van der Waals surface area contributed by atoms with Gasteiger partial charge in [0.15, 0.2) is 0 Å². The van der Waals surface area contributed by atoms with Crippen LogP contribution in [0.5, 0.6) is 0 Å². The molecule has 0 radical (unpaired) electrons. The van der Waals surface area contributed by atoms with Crippen molar-refractivity contribution in [1.29, 1.82) is 0 Å². The highest BCUT2D eigenvalue weighted by Crippen LogP contribution is 2.44. The summed E-state index contributed by atoms with van der Waals surface area (Å²) in [7, 11) is 0. The lowest BCUT2D eigenvalue weighted by atomic mass is 9.99. The summed E-state index contributed by atoms with van der Waals surface area (Å²) in [4.78, 5) is 11.2. The van der Waals surface area contributed by atoms with E-state index in [-0.39, 0.29) is 0 Å². The average molecular weight is 505 g/mol. The van der Waals surface area contributed by atoms with Crippen LogP contribution in [0.4, 0.5) is 0 Å². The summed E-state index contributed by atoms with van der Waals surface area (Å²) >= 11 is 7.68. The van der Waals surface area contributed by atoms with E-state index in [9.17, 15) is 0 Å². The minimum atomic E-state index is 0.976. The summed E-state index contributed by atoms with van der Waals surface area (Å²) in [6, 6.07) is 18.1. The van der Waals surface area contributed by atoms with Crippen LogP contribution in [-0.2, 0) is 25.7 Å². The molecular weight excluding hydrogens is 481 g/mol. The van der Waals surface area contributed by atoms with Gasteiger partial charge >= 0.3 is 0 Å². The second kappa shape index (κ2) is 8.38. The second-order valence-corrected chi connectivity index (χ2v) is 13.5. The van der Waals surface area contributed by atoms with E-state index >= 15 is 0 Å². The molecule has 7 rings (SSSR count). The predicted octanol–water partition coefficient (Wildman–Crippen LogP) is 9.95. The predicted molar refractivity (Wildman–Crippen MR) is 145 cm³/mol. The molecule has 0 unspecified atom stereocenters. The van der Waals surface area contributed by atoms with E-state index in [1.165, 1.54) is 80.6 Å². The first kappa shape index (κ1) is 20.5. The fraction of sp³-hybridized carbons (Fsp3) is 0.286. The van der Waals surface area contributed by atoms with Gasteiger partial charge in [-0.15, -0.1) is 45.3 Å². The number of rotatable bonds is 4. The minimum Gasteiger partial charge on any atom is -0.454 e. The first-order valence-corrected chi connectivity index (χ1v) is 15.1. The van der Waals surface area contributed by atoms with Crippen LogP contribution >= 0.6 is 45.3 Å². The van der Waals surface area contributed by atoms with Crippen molar-refractivity contribution >= 4 is 45.3 Å².